The molecule has 20 heavy (non-hydrogen) atoms. The van der Waals surface area contributed by atoms with E-state index in [-0.39, 0.29) is 6.04 Å². The topological polar surface area (TPSA) is 87.3 Å². The van der Waals surface area contributed by atoms with Gasteiger partial charge in [0.25, 0.3) is 0 Å². The number of carbonyl (C=O) groups excluding carboxylic acids is 1. The van der Waals surface area contributed by atoms with Crippen LogP contribution in [0.15, 0.2) is 0 Å². The molecule has 1 amide bonds. The van der Waals surface area contributed by atoms with E-state index in [1.165, 1.54) is 0 Å². The van der Waals surface area contributed by atoms with E-state index >= 15 is 0 Å². The van der Waals surface area contributed by atoms with Crippen molar-refractivity contribution in [3.05, 3.63) is 0 Å². The van der Waals surface area contributed by atoms with Crippen LogP contribution in [0.25, 0.3) is 0 Å². The van der Waals surface area contributed by atoms with Crippen molar-refractivity contribution >= 4 is 15.9 Å². The average Bonchev–Trinajstić information content (AvgIpc) is 2.36. The summed E-state index contributed by atoms with van der Waals surface area (Å²) in [5.74, 6) is -0.234. The highest BCUT2D eigenvalue weighted by Gasteiger charge is 2.24. The molecule has 0 aromatic carbocycles. The molecular formula is C13H27N3O3S. The maximum absolute atomic E-state index is 11.9. The standard InChI is InChI=1S/C13H27N3O3S/c1-11-4-6-12(7-5-11)16-20(18,19)10-13(17)15-9-3-8-14-2/h11-12,14,16H,3-10H2,1-2H3,(H,15,17). The summed E-state index contributed by atoms with van der Waals surface area (Å²) in [6, 6.07) is -0.00621. The summed E-state index contributed by atoms with van der Waals surface area (Å²) in [6.45, 7) is 3.48. The summed E-state index contributed by atoms with van der Waals surface area (Å²) in [4.78, 5) is 11.6. The number of hydrogen-bond donors (Lipinski definition) is 3. The predicted octanol–water partition coefficient (Wildman–Crippen LogP) is 0.210. The number of rotatable bonds is 8. The van der Waals surface area contributed by atoms with E-state index < -0.39 is 21.7 Å². The maximum atomic E-state index is 11.9. The number of amides is 1. The van der Waals surface area contributed by atoms with Crippen molar-refractivity contribution in [2.75, 3.05) is 25.9 Å². The van der Waals surface area contributed by atoms with Crippen LogP contribution in [0.3, 0.4) is 0 Å². The first-order valence-electron chi connectivity index (χ1n) is 7.34. The van der Waals surface area contributed by atoms with Gasteiger partial charge < -0.3 is 10.6 Å². The molecule has 0 aliphatic heterocycles. The summed E-state index contributed by atoms with van der Waals surface area (Å²) in [5, 5.41) is 5.59. The van der Waals surface area contributed by atoms with E-state index in [1.54, 1.807) is 0 Å². The first-order chi connectivity index (χ1) is 9.43. The summed E-state index contributed by atoms with van der Waals surface area (Å²) in [6.07, 6.45) is 4.61. The lowest BCUT2D eigenvalue weighted by molar-refractivity contribution is -0.118. The van der Waals surface area contributed by atoms with E-state index in [0.29, 0.717) is 12.5 Å². The number of carbonyl (C=O) groups is 1. The molecule has 0 unspecified atom stereocenters. The van der Waals surface area contributed by atoms with E-state index in [1.807, 2.05) is 7.05 Å². The first-order valence-corrected chi connectivity index (χ1v) is 8.99. The Kier molecular flexibility index (Phi) is 7.47. The minimum atomic E-state index is -3.52. The molecule has 3 N–H and O–H groups in total. The molecular weight excluding hydrogens is 278 g/mol. The van der Waals surface area contributed by atoms with Gasteiger partial charge in [0.15, 0.2) is 0 Å². The molecule has 0 aromatic heterocycles. The highest BCUT2D eigenvalue weighted by Crippen LogP contribution is 2.23. The third-order valence-electron chi connectivity index (χ3n) is 3.61. The molecule has 1 rings (SSSR count). The van der Waals surface area contributed by atoms with Crippen molar-refractivity contribution in [2.45, 2.75) is 45.1 Å². The first kappa shape index (κ1) is 17.4. The molecule has 0 atom stereocenters. The molecule has 1 aliphatic carbocycles. The molecule has 0 aromatic rings. The van der Waals surface area contributed by atoms with Crippen LogP contribution in [0, 0.1) is 5.92 Å². The molecule has 0 bridgehead atoms. The highest BCUT2D eigenvalue weighted by atomic mass is 32.2. The molecule has 118 valence electrons. The monoisotopic (exact) mass is 305 g/mol. The van der Waals surface area contributed by atoms with Crippen molar-refractivity contribution < 1.29 is 13.2 Å². The smallest absolute Gasteiger partial charge is 0.236 e. The van der Waals surface area contributed by atoms with Crippen molar-refractivity contribution in [2.24, 2.45) is 5.92 Å². The van der Waals surface area contributed by atoms with Gasteiger partial charge in [0.1, 0.15) is 5.75 Å². The highest BCUT2D eigenvalue weighted by molar-refractivity contribution is 7.90. The molecule has 0 saturated heterocycles. The summed E-state index contributed by atoms with van der Waals surface area (Å²) >= 11 is 0. The molecule has 1 aliphatic rings. The molecule has 0 spiro atoms. The Balaban J connectivity index is 2.28. The van der Waals surface area contributed by atoms with Gasteiger partial charge in [-0.3, -0.25) is 4.79 Å². The Morgan fingerprint density at radius 1 is 1.15 bits per heavy atom. The number of hydrogen-bond acceptors (Lipinski definition) is 4. The van der Waals surface area contributed by atoms with E-state index in [0.717, 1.165) is 38.6 Å². The van der Waals surface area contributed by atoms with Gasteiger partial charge in [-0.1, -0.05) is 6.92 Å². The van der Waals surface area contributed by atoms with Crippen molar-refractivity contribution in [3.8, 4) is 0 Å². The van der Waals surface area contributed by atoms with Crippen LogP contribution in [0.5, 0.6) is 0 Å². The van der Waals surface area contributed by atoms with Gasteiger partial charge in [-0.15, -0.1) is 0 Å². The summed E-state index contributed by atoms with van der Waals surface area (Å²) in [5.41, 5.74) is 0. The van der Waals surface area contributed by atoms with Crippen LogP contribution in [0.1, 0.15) is 39.0 Å². The van der Waals surface area contributed by atoms with Crippen molar-refractivity contribution in [1.82, 2.24) is 15.4 Å². The fraction of sp³-hybridized carbons (Fsp3) is 0.923. The normalized spacial score (nSPS) is 23.5. The zero-order valence-electron chi connectivity index (χ0n) is 12.4. The van der Waals surface area contributed by atoms with Crippen LogP contribution >= 0.6 is 0 Å². The van der Waals surface area contributed by atoms with Gasteiger partial charge >= 0.3 is 0 Å². The van der Waals surface area contributed by atoms with Crippen LogP contribution < -0.4 is 15.4 Å². The van der Waals surface area contributed by atoms with Gasteiger partial charge in [0.05, 0.1) is 0 Å². The van der Waals surface area contributed by atoms with Gasteiger partial charge in [-0.25, -0.2) is 13.1 Å². The number of sulfonamides is 1. The SMILES string of the molecule is CNCCCNC(=O)CS(=O)(=O)NC1CCC(C)CC1. The maximum Gasteiger partial charge on any atom is 0.236 e. The number of nitrogens with one attached hydrogen (secondary N) is 3. The van der Waals surface area contributed by atoms with E-state index in [4.69, 9.17) is 0 Å². The van der Waals surface area contributed by atoms with Crippen LogP contribution in [0.4, 0.5) is 0 Å². The van der Waals surface area contributed by atoms with Gasteiger partial charge in [-0.05, 0) is 51.6 Å². The molecule has 0 radical (unpaired) electrons. The van der Waals surface area contributed by atoms with Crippen LogP contribution in [0.2, 0.25) is 0 Å². The molecule has 6 nitrogen and oxygen atoms in total. The Morgan fingerprint density at radius 3 is 2.40 bits per heavy atom. The zero-order valence-corrected chi connectivity index (χ0v) is 13.3. The Bertz CT molecular complexity index is 390. The molecule has 1 saturated carbocycles. The molecule has 7 heteroatoms. The lowest BCUT2D eigenvalue weighted by Gasteiger charge is -2.26. The van der Waals surface area contributed by atoms with Crippen molar-refractivity contribution in [3.63, 3.8) is 0 Å². The lowest BCUT2D eigenvalue weighted by atomic mass is 9.88. The lowest BCUT2D eigenvalue weighted by Crippen LogP contribution is -2.42. The quantitative estimate of drug-likeness (QED) is 0.560. The zero-order chi connectivity index (χ0) is 15.0. The summed E-state index contributed by atoms with van der Waals surface area (Å²) < 4.78 is 26.4. The largest absolute Gasteiger partial charge is 0.355 e. The van der Waals surface area contributed by atoms with Gasteiger partial charge in [-0.2, -0.15) is 0 Å². The fourth-order valence-corrected chi connectivity index (χ4v) is 3.66. The van der Waals surface area contributed by atoms with Gasteiger partial charge in [0, 0.05) is 12.6 Å². The second-order valence-electron chi connectivity index (χ2n) is 5.64. The van der Waals surface area contributed by atoms with Gasteiger partial charge in [0.2, 0.25) is 15.9 Å². The fourth-order valence-electron chi connectivity index (χ4n) is 2.39. The average molecular weight is 305 g/mol. The Labute approximate surface area is 122 Å². The Hall–Kier alpha value is -0.660. The Morgan fingerprint density at radius 2 is 1.80 bits per heavy atom. The van der Waals surface area contributed by atoms with E-state index in [2.05, 4.69) is 22.3 Å². The summed E-state index contributed by atoms with van der Waals surface area (Å²) in [7, 11) is -1.68. The second kappa shape index (κ2) is 8.59. The van der Waals surface area contributed by atoms with Crippen molar-refractivity contribution in [1.29, 1.82) is 0 Å². The second-order valence-corrected chi connectivity index (χ2v) is 7.39. The minimum Gasteiger partial charge on any atom is -0.355 e. The minimum absolute atomic E-state index is 0.00621. The van der Waals surface area contributed by atoms with Crippen LogP contribution in [-0.4, -0.2) is 46.3 Å². The third kappa shape index (κ3) is 7.21. The van der Waals surface area contributed by atoms with E-state index in [9.17, 15) is 13.2 Å². The third-order valence-corrected chi connectivity index (χ3v) is 4.94. The molecule has 1 fully saturated rings. The van der Waals surface area contributed by atoms with Crippen LogP contribution in [-0.2, 0) is 14.8 Å². The molecule has 0 heterocycles. The predicted molar refractivity (Wildman–Crippen MR) is 79.9 cm³/mol.